The number of hydrogen-bond donors (Lipinski definition) is 0. The second kappa shape index (κ2) is 4.14. The third kappa shape index (κ3) is 3.10. The molecule has 0 aromatic rings. The zero-order chi connectivity index (χ0) is 12.7. The van der Waals surface area contributed by atoms with Crippen molar-refractivity contribution in [1.82, 2.24) is 4.90 Å². The van der Waals surface area contributed by atoms with Crippen LogP contribution in [0.5, 0.6) is 0 Å². The van der Waals surface area contributed by atoms with E-state index in [2.05, 4.69) is 0 Å². The SMILES string of the molecule is CC(C)(C)OC(=O)N1CCOC(C2(C)CO2)C1. The Balaban J connectivity index is 1.91. The Labute approximate surface area is 102 Å². The largest absolute Gasteiger partial charge is 0.444 e. The van der Waals surface area contributed by atoms with Crippen molar-refractivity contribution in [1.29, 1.82) is 0 Å². The molecule has 2 fully saturated rings. The molecule has 0 spiro atoms. The quantitative estimate of drug-likeness (QED) is 0.653. The Hall–Kier alpha value is -0.810. The van der Waals surface area contributed by atoms with E-state index in [9.17, 15) is 4.79 Å². The molecule has 0 aliphatic carbocycles. The number of hydrogen-bond acceptors (Lipinski definition) is 4. The first-order valence-electron chi connectivity index (χ1n) is 6.04. The van der Waals surface area contributed by atoms with Crippen LogP contribution in [0.3, 0.4) is 0 Å². The highest BCUT2D eigenvalue weighted by molar-refractivity contribution is 5.68. The molecule has 5 heteroatoms. The molecule has 1 amide bonds. The van der Waals surface area contributed by atoms with Gasteiger partial charge >= 0.3 is 6.09 Å². The minimum atomic E-state index is -0.454. The molecule has 2 unspecified atom stereocenters. The molecular weight excluding hydrogens is 222 g/mol. The number of morpholine rings is 1. The first-order chi connectivity index (χ1) is 7.80. The number of nitrogens with zero attached hydrogens (tertiary/aromatic N) is 1. The van der Waals surface area contributed by atoms with E-state index in [1.54, 1.807) is 4.90 Å². The van der Waals surface area contributed by atoms with Crippen molar-refractivity contribution >= 4 is 6.09 Å². The predicted molar refractivity (Wildman–Crippen MR) is 61.9 cm³/mol. The summed E-state index contributed by atoms with van der Waals surface area (Å²) in [5.41, 5.74) is -0.661. The van der Waals surface area contributed by atoms with Crippen LogP contribution in [0.1, 0.15) is 27.7 Å². The molecule has 0 radical (unpaired) electrons. The standard InChI is InChI=1S/C12H21NO4/c1-11(2,3)17-10(14)13-5-6-15-9(7-13)12(4)8-16-12/h9H,5-8H2,1-4H3. The lowest BCUT2D eigenvalue weighted by Gasteiger charge is -2.35. The highest BCUT2D eigenvalue weighted by atomic mass is 16.6. The smallest absolute Gasteiger partial charge is 0.410 e. The molecule has 2 aliphatic rings. The fourth-order valence-electron chi connectivity index (χ4n) is 1.81. The molecule has 5 nitrogen and oxygen atoms in total. The van der Waals surface area contributed by atoms with E-state index in [1.165, 1.54) is 0 Å². The molecule has 0 aromatic heterocycles. The van der Waals surface area contributed by atoms with Gasteiger partial charge in [-0.05, 0) is 27.7 Å². The van der Waals surface area contributed by atoms with Gasteiger partial charge in [-0.3, -0.25) is 0 Å². The zero-order valence-corrected chi connectivity index (χ0v) is 11.0. The number of carbonyl (C=O) groups is 1. The van der Waals surface area contributed by atoms with Gasteiger partial charge in [0.1, 0.15) is 17.3 Å². The van der Waals surface area contributed by atoms with Crippen LogP contribution in [-0.2, 0) is 14.2 Å². The first kappa shape index (κ1) is 12.6. The van der Waals surface area contributed by atoms with Gasteiger partial charge in [0.15, 0.2) is 0 Å². The van der Waals surface area contributed by atoms with Crippen LogP contribution in [0.25, 0.3) is 0 Å². The van der Waals surface area contributed by atoms with E-state index in [0.717, 1.165) is 0 Å². The van der Waals surface area contributed by atoms with Gasteiger partial charge in [0.25, 0.3) is 0 Å². The monoisotopic (exact) mass is 243 g/mol. The van der Waals surface area contributed by atoms with Crippen molar-refractivity contribution in [3.8, 4) is 0 Å². The molecule has 2 saturated heterocycles. The summed E-state index contributed by atoms with van der Waals surface area (Å²) < 4.78 is 16.4. The Bertz CT molecular complexity index is 306. The van der Waals surface area contributed by atoms with Gasteiger partial charge in [-0.15, -0.1) is 0 Å². The van der Waals surface area contributed by atoms with Crippen molar-refractivity contribution in [2.24, 2.45) is 0 Å². The van der Waals surface area contributed by atoms with Crippen molar-refractivity contribution in [2.45, 2.75) is 45.0 Å². The summed E-state index contributed by atoms with van der Waals surface area (Å²) in [4.78, 5) is 13.6. The number of carbonyl (C=O) groups excluding carboxylic acids is 1. The molecule has 98 valence electrons. The van der Waals surface area contributed by atoms with Crippen molar-refractivity contribution in [3.05, 3.63) is 0 Å². The van der Waals surface area contributed by atoms with E-state index >= 15 is 0 Å². The van der Waals surface area contributed by atoms with Gasteiger partial charge in [0.05, 0.1) is 19.8 Å². The Morgan fingerprint density at radius 2 is 2.12 bits per heavy atom. The second-order valence-electron chi connectivity index (χ2n) is 5.89. The normalized spacial score (nSPS) is 33.4. The number of epoxide rings is 1. The average molecular weight is 243 g/mol. The molecule has 17 heavy (non-hydrogen) atoms. The summed E-state index contributed by atoms with van der Waals surface area (Å²) in [6.07, 6.45) is -0.307. The van der Waals surface area contributed by atoms with E-state index in [-0.39, 0.29) is 17.8 Å². The van der Waals surface area contributed by atoms with Gasteiger partial charge in [-0.1, -0.05) is 0 Å². The second-order valence-corrected chi connectivity index (χ2v) is 5.89. The molecule has 0 N–H and O–H groups in total. The van der Waals surface area contributed by atoms with Crippen LogP contribution in [0.2, 0.25) is 0 Å². The summed E-state index contributed by atoms with van der Waals surface area (Å²) in [5.74, 6) is 0. The lowest BCUT2D eigenvalue weighted by atomic mass is 10.0. The van der Waals surface area contributed by atoms with Gasteiger partial charge in [-0.2, -0.15) is 0 Å². The Kier molecular flexibility index (Phi) is 3.08. The zero-order valence-electron chi connectivity index (χ0n) is 11.0. The number of amides is 1. The first-order valence-corrected chi connectivity index (χ1v) is 6.04. The third-order valence-electron chi connectivity index (χ3n) is 3.00. The highest BCUT2D eigenvalue weighted by Gasteiger charge is 2.50. The van der Waals surface area contributed by atoms with Crippen molar-refractivity contribution < 1.29 is 19.0 Å². The minimum Gasteiger partial charge on any atom is -0.444 e. The van der Waals surface area contributed by atoms with Gasteiger partial charge in [0, 0.05) is 6.54 Å². The molecule has 2 heterocycles. The summed E-state index contributed by atoms with van der Waals surface area (Å²) in [5, 5.41) is 0. The summed E-state index contributed by atoms with van der Waals surface area (Å²) >= 11 is 0. The van der Waals surface area contributed by atoms with Crippen LogP contribution in [0, 0.1) is 0 Å². The van der Waals surface area contributed by atoms with Gasteiger partial charge in [0.2, 0.25) is 0 Å². The fourth-order valence-corrected chi connectivity index (χ4v) is 1.81. The van der Waals surface area contributed by atoms with E-state index in [4.69, 9.17) is 14.2 Å². The highest BCUT2D eigenvalue weighted by Crippen LogP contribution is 2.33. The maximum Gasteiger partial charge on any atom is 0.410 e. The summed E-state index contributed by atoms with van der Waals surface area (Å²) in [7, 11) is 0. The Morgan fingerprint density at radius 1 is 1.47 bits per heavy atom. The van der Waals surface area contributed by atoms with Crippen LogP contribution in [0.4, 0.5) is 4.79 Å². The summed E-state index contributed by atoms with van der Waals surface area (Å²) in [6, 6.07) is 0. The molecule has 0 saturated carbocycles. The van der Waals surface area contributed by atoms with Crippen LogP contribution >= 0.6 is 0 Å². The third-order valence-corrected chi connectivity index (χ3v) is 3.00. The maximum absolute atomic E-state index is 11.9. The summed E-state index contributed by atoms with van der Waals surface area (Å²) in [6.45, 7) is 10.0. The van der Waals surface area contributed by atoms with Gasteiger partial charge in [-0.25, -0.2) is 4.79 Å². The van der Waals surface area contributed by atoms with Crippen molar-refractivity contribution in [3.63, 3.8) is 0 Å². The molecule has 0 bridgehead atoms. The van der Waals surface area contributed by atoms with E-state index in [0.29, 0.717) is 26.3 Å². The molecule has 2 atom stereocenters. The van der Waals surface area contributed by atoms with Crippen LogP contribution < -0.4 is 0 Å². The predicted octanol–water partition coefficient (Wildman–Crippen LogP) is 1.41. The topological polar surface area (TPSA) is 51.3 Å². The van der Waals surface area contributed by atoms with E-state index < -0.39 is 5.60 Å². The van der Waals surface area contributed by atoms with E-state index in [1.807, 2.05) is 27.7 Å². The van der Waals surface area contributed by atoms with Crippen LogP contribution in [-0.4, -0.2) is 54.6 Å². The number of ether oxygens (including phenoxy) is 3. The number of rotatable bonds is 1. The average Bonchev–Trinajstić information content (AvgIpc) is 2.96. The molecule has 2 rings (SSSR count). The Morgan fingerprint density at radius 3 is 2.65 bits per heavy atom. The maximum atomic E-state index is 11.9. The van der Waals surface area contributed by atoms with Crippen molar-refractivity contribution in [2.75, 3.05) is 26.3 Å². The lowest BCUT2D eigenvalue weighted by molar-refractivity contribution is -0.0676. The van der Waals surface area contributed by atoms with Crippen LogP contribution in [0.15, 0.2) is 0 Å². The molecule has 0 aromatic carbocycles. The fraction of sp³-hybridized carbons (Fsp3) is 0.917. The molecule has 2 aliphatic heterocycles. The minimum absolute atomic E-state index is 0.0382. The lowest BCUT2D eigenvalue weighted by Crippen LogP contribution is -2.51. The van der Waals surface area contributed by atoms with Gasteiger partial charge < -0.3 is 19.1 Å². The molecular formula is C12H21NO4.